The Morgan fingerprint density at radius 2 is 2.07 bits per heavy atom. The fraction of sp³-hybridized carbons (Fsp3) is 0.417. The first-order valence-corrected chi connectivity index (χ1v) is 4.94. The summed E-state index contributed by atoms with van der Waals surface area (Å²) >= 11 is 0. The van der Waals surface area contributed by atoms with E-state index in [4.69, 9.17) is 4.74 Å². The van der Waals surface area contributed by atoms with Crippen molar-refractivity contribution in [3.8, 4) is 5.75 Å². The highest BCUT2D eigenvalue weighted by atomic mass is 127. The van der Waals surface area contributed by atoms with Crippen molar-refractivity contribution in [2.24, 2.45) is 0 Å². The minimum Gasteiger partial charge on any atom is -1.00 e. The van der Waals surface area contributed by atoms with Crippen LogP contribution in [0.25, 0.3) is 0 Å². The number of fused-ring (bicyclic) bond motifs is 1. The van der Waals surface area contributed by atoms with Crippen LogP contribution in [0.3, 0.4) is 0 Å². The molecule has 0 radical (unpaired) electrons. The second-order valence-corrected chi connectivity index (χ2v) is 3.78. The summed E-state index contributed by atoms with van der Waals surface area (Å²) in [6.45, 7) is 3.27. The van der Waals surface area contributed by atoms with Crippen LogP contribution in [0.1, 0.15) is 18.1 Å². The molecule has 0 spiro atoms. The number of nitrogens with zero attached hydrogens (tertiary/aromatic N) is 1. The highest BCUT2D eigenvalue weighted by Crippen LogP contribution is 2.21. The maximum Gasteiger partial charge on any atom is 0.180 e. The quantitative estimate of drug-likeness (QED) is 0.464. The topological polar surface area (TPSA) is 12.2 Å². The molecule has 15 heavy (non-hydrogen) atoms. The average Bonchev–Trinajstić information content (AvgIpc) is 2.23. The maximum atomic E-state index is 5.22. The summed E-state index contributed by atoms with van der Waals surface area (Å²) in [5.74, 6) is 0.959. The SMILES string of the molecule is COc1ccc2c(c1)CC[N+](C)=C2C.[I-]. The maximum absolute atomic E-state index is 5.22. The lowest BCUT2D eigenvalue weighted by Crippen LogP contribution is -3.00. The largest absolute Gasteiger partial charge is 1.00 e. The van der Waals surface area contributed by atoms with Gasteiger partial charge in [-0.25, -0.2) is 4.58 Å². The lowest BCUT2D eigenvalue weighted by molar-refractivity contribution is -0.498. The zero-order valence-electron chi connectivity index (χ0n) is 9.38. The van der Waals surface area contributed by atoms with Gasteiger partial charge in [0.05, 0.1) is 7.11 Å². The van der Waals surface area contributed by atoms with Crippen molar-refractivity contribution in [2.75, 3.05) is 20.7 Å². The number of likely N-dealkylation sites (N-methyl/N-ethyl adjacent to an activating group) is 1. The Balaban J connectivity index is 0.00000112. The molecule has 0 unspecified atom stereocenters. The van der Waals surface area contributed by atoms with E-state index >= 15 is 0 Å². The van der Waals surface area contributed by atoms with Crippen molar-refractivity contribution in [3.63, 3.8) is 0 Å². The number of halogens is 1. The van der Waals surface area contributed by atoms with E-state index in [9.17, 15) is 0 Å². The monoisotopic (exact) mass is 317 g/mol. The first-order valence-electron chi connectivity index (χ1n) is 4.94. The van der Waals surface area contributed by atoms with Gasteiger partial charge < -0.3 is 28.7 Å². The molecule has 1 heterocycles. The molecular formula is C12H16INO. The van der Waals surface area contributed by atoms with Crippen molar-refractivity contribution in [3.05, 3.63) is 29.3 Å². The van der Waals surface area contributed by atoms with Crippen LogP contribution in [0.15, 0.2) is 18.2 Å². The normalized spacial score (nSPS) is 14.3. The molecule has 1 aromatic rings. The van der Waals surface area contributed by atoms with E-state index in [2.05, 4.69) is 30.7 Å². The summed E-state index contributed by atoms with van der Waals surface area (Å²) in [5, 5.41) is 0. The minimum atomic E-state index is 0. The molecular weight excluding hydrogens is 301 g/mol. The lowest BCUT2D eigenvalue weighted by Gasteiger charge is -2.14. The fourth-order valence-electron chi connectivity index (χ4n) is 1.92. The zero-order chi connectivity index (χ0) is 10.1. The molecule has 0 aromatic heterocycles. The predicted molar refractivity (Wildman–Crippen MR) is 57.5 cm³/mol. The van der Waals surface area contributed by atoms with Crippen LogP contribution in [-0.4, -0.2) is 31.0 Å². The average molecular weight is 317 g/mol. The Bertz CT molecular complexity index is 399. The third-order valence-corrected chi connectivity index (χ3v) is 2.99. The number of hydrogen-bond acceptors (Lipinski definition) is 1. The number of benzene rings is 1. The fourth-order valence-corrected chi connectivity index (χ4v) is 1.92. The number of rotatable bonds is 1. The smallest absolute Gasteiger partial charge is 0.180 e. The lowest BCUT2D eigenvalue weighted by atomic mass is 9.97. The van der Waals surface area contributed by atoms with Crippen LogP contribution >= 0.6 is 0 Å². The van der Waals surface area contributed by atoms with Gasteiger partial charge in [-0.1, -0.05) is 0 Å². The molecule has 0 saturated carbocycles. The summed E-state index contributed by atoms with van der Waals surface area (Å²) in [5.41, 5.74) is 4.12. The van der Waals surface area contributed by atoms with Crippen molar-refractivity contribution < 1.29 is 33.3 Å². The Hall–Kier alpha value is -0.580. The first-order chi connectivity index (χ1) is 6.72. The molecule has 82 valence electrons. The van der Waals surface area contributed by atoms with E-state index in [0.29, 0.717) is 0 Å². The molecule has 3 heteroatoms. The summed E-state index contributed by atoms with van der Waals surface area (Å²) in [7, 11) is 3.86. The van der Waals surface area contributed by atoms with Crippen LogP contribution in [0.4, 0.5) is 0 Å². The third-order valence-electron chi connectivity index (χ3n) is 2.99. The van der Waals surface area contributed by atoms with Gasteiger partial charge in [-0.15, -0.1) is 0 Å². The van der Waals surface area contributed by atoms with Gasteiger partial charge in [0.1, 0.15) is 19.3 Å². The molecule has 0 atom stereocenters. The van der Waals surface area contributed by atoms with E-state index in [1.165, 1.54) is 16.8 Å². The highest BCUT2D eigenvalue weighted by molar-refractivity contribution is 5.97. The van der Waals surface area contributed by atoms with Crippen LogP contribution in [0.2, 0.25) is 0 Å². The van der Waals surface area contributed by atoms with Gasteiger partial charge in [-0.05, 0) is 23.8 Å². The van der Waals surface area contributed by atoms with Gasteiger partial charge in [-0.2, -0.15) is 0 Å². The summed E-state index contributed by atoms with van der Waals surface area (Å²) in [4.78, 5) is 0. The van der Waals surface area contributed by atoms with E-state index < -0.39 is 0 Å². The number of hydrogen-bond donors (Lipinski definition) is 0. The van der Waals surface area contributed by atoms with Crippen LogP contribution in [0.5, 0.6) is 5.75 Å². The molecule has 2 nitrogen and oxygen atoms in total. The molecule has 0 aliphatic carbocycles. The first kappa shape index (κ1) is 12.5. The number of ether oxygens (including phenoxy) is 1. The Kier molecular flexibility index (Phi) is 4.13. The van der Waals surface area contributed by atoms with Crippen LogP contribution < -0.4 is 28.7 Å². The van der Waals surface area contributed by atoms with E-state index in [1.54, 1.807) is 7.11 Å². The van der Waals surface area contributed by atoms with Crippen molar-refractivity contribution in [1.29, 1.82) is 0 Å². The van der Waals surface area contributed by atoms with Gasteiger partial charge in [-0.3, -0.25) is 0 Å². The van der Waals surface area contributed by atoms with Gasteiger partial charge in [0.2, 0.25) is 0 Å². The minimum absolute atomic E-state index is 0. The Labute approximate surface area is 108 Å². The van der Waals surface area contributed by atoms with Gasteiger partial charge in [0.25, 0.3) is 0 Å². The second kappa shape index (κ2) is 4.96. The van der Waals surface area contributed by atoms with Gasteiger partial charge >= 0.3 is 0 Å². The van der Waals surface area contributed by atoms with Crippen molar-refractivity contribution >= 4 is 5.71 Å². The molecule has 0 amide bonds. The van der Waals surface area contributed by atoms with Gasteiger partial charge in [0.15, 0.2) is 5.71 Å². The molecule has 2 rings (SSSR count). The summed E-state index contributed by atoms with van der Waals surface area (Å²) in [6.07, 6.45) is 1.11. The molecule has 0 N–H and O–H groups in total. The molecule has 0 saturated heterocycles. The summed E-state index contributed by atoms with van der Waals surface area (Å²) in [6, 6.07) is 6.33. The molecule has 0 fully saturated rings. The highest BCUT2D eigenvalue weighted by Gasteiger charge is 2.19. The Morgan fingerprint density at radius 3 is 2.73 bits per heavy atom. The van der Waals surface area contributed by atoms with Crippen LogP contribution in [-0.2, 0) is 6.42 Å². The number of methoxy groups -OCH3 is 1. The standard InChI is InChI=1S/C12H16NO.HI/c1-9-12-5-4-11(14-3)8-10(12)6-7-13(9)2;/h4-5,8H,6-7H2,1-3H3;1H/q+1;/p-1. The van der Waals surface area contributed by atoms with E-state index in [-0.39, 0.29) is 24.0 Å². The summed E-state index contributed by atoms with van der Waals surface area (Å²) < 4.78 is 7.52. The molecule has 1 aromatic carbocycles. The molecule has 1 aliphatic heterocycles. The molecule has 0 bridgehead atoms. The predicted octanol–water partition coefficient (Wildman–Crippen LogP) is -1.29. The van der Waals surface area contributed by atoms with Crippen LogP contribution in [0, 0.1) is 0 Å². The van der Waals surface area contributed by atoms with Gasteiger partial charge in [0, 0.05) is 18.9 Å². The van der Waals surface area contributed by atoms with E-state index in [0.717, 1.165) is 18.7 Å². The third kappa shape index (κ3) is 2.33. The zero-order valence-corrected chi connectivity index (χ0v) is 11.5. The Morgan fingerprint density at radius 1 is 1.33 bits per heavy atom. The van der Waals surface area contributed by atoms with Crippen molar-refractivity contribution in [2.45, 2.75) is 13.3 Å². The van der Waals surface area contributed by atoms with Crippen molar-refractivity contribution in [1.82, 2.24) is 0 Å². The van der Waals surface area contributed by atoms with E-state index in [1.807, 2.05) is 6.07 Å². The molecule has 1 aliphatic rings. The second-order valence-electron chi connectivity index (χ2n) is 3.78.